The Balaban J connectivity index is 1.92. The lowest BCUT2D eigenvalue weighted by Crippen LogP contribution is -2.45. The van der Waals surface area contributed by atoms with Gasteiger partial charge in [-0.3, -0.25) is 9.59 Å². The number of anilines is 1. The number of aliphatic hydroxyl groups excluding tert-OH is 1. The second-order valence-electron chi connectivity index (χ2n) is 4.48. The number of amides is 2. The second kappa shape index (κ2) is 5.79. The van der Waals surface area contributed by atoms with E-state index in [9.17, 15) is 19.1 Å². The molecule has 6 heteroatoms. The fourth-order valence-electron chi connectivity index (χ4n) is 1.93. The van der Waals surface area contributed by atoms with E-state index in [0.717, 1.165) is 0 Å². The summed E-state index contributed by atoms with van der Waals surface area (Å²) in [5.41, 5.74) is 0.372. The first-order valence-corrected chi connectivity index (χ1v) is 6.10. The van der Waals surface area contributed by atoms with E-state index in [0.29, 0.717) is 31.6 Å². The molecule has 0 radical (unpaired) electrons. The van der Waals surface area contributed by atoms with Gasteiger partial charge in [-0.1, -0.05) is 0 Å². The van der Waals surface area contributed by atoms with Crippen molar-refractivity contribution >= 4 is 17.5 Å². The highest BCUT2D eigenvalue weighted by atomic mass is 19.1. The molecule has 0 unspecified atom stereocenters. The SMILES string of the molecule is O=C(Nc1ccc(F)cc1)C(=O)N1CCC(O)CC1. The molecule has 0 bridgehead atoms. The van der Waals surface area contributed by atoms with Crippen molar-refractivity contribution < 1.29 is 19.1 Å². The first-order chi connectivity index (χ1) is 9.06. The number of rotatable bonds is 1. The van der Waals surface area contributed by atoms with Gasteiger partial charge in [0.15, 0.2) is 0 Å². The number of piperidine rings is 1. The third-order valence-corrected chi connectivity index (χ3v) is 3.05. The van der Waals surface area contributed by atoms with E-state index in [-0.39, 0.29) is 0 Å². The van der Waals surface area contributed by atoms with Crippen LogP contribution in [0.4, 0.5) is 10.1 Å². The van der Waals surface area contributed by atoms with Crippen molar-refractivity contribution in [3.63, 3.8) is 0 Å². The second-order valence-corrected chi connectivity index (χ2v) is 4.48. The summed E-state index contributed by atoms with van der Waals surface area (Å²) in [6.45, 7) is 0.744. The van der Waals surface area contributed by atoms with Crippen LogP contribution in [0.2, 0.25) is 0 Å². The Hall–Kier alpha value is -1.95. The first kappa shape index (κ1) is 13.5. The molecule has 0 spiro atoms. The van der Waals surface area contributed by atoms with Crippen molar-refractivity contribution in [1.29, 1.82) is 0 Å². The maximum absolute atomic E-state index is 12.7. The van der Waals surface area contributed by atoms with E-state index >= 15 is 0 Å². The van der Waals surface area contributed by atoms with Crippen LogP contribution in [0.1, 0.15) is 12.8 Å². The predicted octanol–water partition coefficient (Wildman–Crippen LogP) is 0.748. The summed E-state index contributed by atoms with van der Waals surface area (Å²) in [5.74, 6) is -1.78. The zero-order valence-corrected chi connectivity index (χ0v) is 10.3. The van der Waals surface area contributed by atoms with E-state index in [2.05, 4.69) is 5.32 Å². The van der Waals surface area contributed by atoms with Crippen molar-refractivity contribution in [2.45, 2.75) is 18.9 Å². The zero-order valence-electron chi connectivity index (χ0n) is 10.3. The Kier molecular flexibility index (Phi) is 4.11. The van der Waals surface area contributed by atoms with Crippen molar-refractivity contribution in [3.05, 3.63) is 30.1 Å². The molecule has 0 aromatic heterocycles. The molecule has 1 aliphatic heterocycles. The molecular weight excluding hydrogens is 251 g/mol. The summed E-state index contributed by atoms with van der Waals surface area (Å²) >= 11 is 0. The summed E-state index contributed by atoms with van der Waals surface area (Å²) in [6.07, 6.45) is 0.565. The Morgan fingerprint density at radius 3 is 2.37 bits per heavy atom. The van der Waals surface area contributed by atoms with Gasteiger partial charge in [0.25, 0.3) is 0 Å². The number of hydrogen-bond acceptors (Lipinski definition) is 3. The summed E-state index contributed by atoms with van der Waals surface area (Å²) < 4.78 is 12.7. The molecule has 0 saturated carbocycles. The van der Waals surface area contributed by atoms with Gasteiger partial charge in [-0.25, -0.2) is 4.39 Å². The summed E-state index contributed by atoms with van der Waals surface area (Å²) in [7, 11) is 0. The van der Waals surface area contributed by atoms with E-state index in [1.165, 1.54) is 29.2 Å². The van der Waals surface area contributed by atoms with E-state index < -0.39 is 23.7 Å². The lowest BCUT2D eigenvalue weighted by atomic mass is 10.1. The van der Waals surface area contributed by atoms with Crippen LogP contribution in [0.3, 0.4) is 0 Å². The Bertz CT molecular complexity index is 467. The van der Waals surface area contributed by atoms with Crippen LogP contribution in [0, 0.1) is 5.82 Å². The number of nitrogens with one attached hydrogen (secondary N) is 1. The van der Waals surface area contributed by atoms with Gasteiger partial charge >= 0.3 is 11.8 Å². The summed E-state index contributed by atoms with van der Waals surface area (Å²) in [6, 6.07) is 5.19. The molecule has 102 valence electrons. The topological polar surface area (TPSA) is 69.6 Å². The molecule has 19 heavy (non-hydrogen) atoms. The highest BCUT2D eigenvalue weighted by Gasteiger charge is 2.26. The molecule has 1 fully saturated rings. The minimum atomic E-state index is -0.747. The van der Waals surface area contributed by atoms with Crippen molar-refractivity contribution in [2.75, 3.05) is 18.4 Å². The number of hydrogen-bond donors (Lipinski definition) is 2. The number of benzene rings is 1. The molecule has 1 aromatic carbocycles. The number of nitrogens with zero attached hydrogens (tertiary/aromatic N) is 1. The predicted molar refractivity (Wildman–Crippen MR) is 66.9 cm³/mol. The average molecular weight is 266 g/mol. The van der Waals surface area contributed by atoms with Crippen LogP contribution in [0.5, 0.6) is 0 Å². The standard InChI is InChI=1S/C13H15FN2O3/c14-9-1-3-10(4-2-9)15-12(18)13(19)16-7-5-11(17)6-8-16/h1-4,11,17H,5-8H2,(H,15,18). The molecule has 5 nitrogen and oxygen atoms in total. The normalized spacial score (nSPS) is 16.2. The van der Waals surface area contributed by atoms with Crippen LogP contribution in [0.15, 0.2) is 24.3 Å². The fourth-order valence-corrected chi connectivity index (χ4v) is 1.93. The highest BCUT2D eigenvalue weighted by molar-refractivity contribution is 6.39. The Morgan fingerprint density at radius 1 is 1.21 bits per heavy atom. The summed E-state index contributed by atoms with van der Waals surface area (Å²) in [5, 5.41) is 11.8. The molecular formula is C13H15FN2O3. The van der Waals surface area contributed by atoms with Crippen LogP contribution in [-0.4, -0.2) is 41.0 Å². The molecule has 1 saturated heterocycles. The minimum Gasteiger partial charge on any atom is -0.393 e. The molecule has 1 aliphatic rings. The smallest absolute Gasteiger partial charge is 0.313 e. The zero-order chi connectivity index (χ0) is 13.8. The van der Waals surface area contributed by atoms with E-state index in [4.69, 9.17) is 0 Å². The van der Waals surface area contributed by atoms with E-state index in [1.54, 1.807) is 0 Å². The van der Waals surface area contributed by atoms with Crippen LogP contribution in [0.25, 0.3) is 0 Å². The van der Waals surface area contributed by atoms with Gasteiger partial charge in [0.05, 0.1) is 6.10 Å². The van der Waals surface area contributed by atoms with Gasteiger partial charge in [-0.2, -0.15) is 0 Å². The minimum absolute atomic E-state index is 0.372. The molecule has 0 atom stereocenters. The third kappa shape index (κ3) is 3.51. The van der Waals surface area contributed by atoms with Gasteiger partial charge in [-0.05, 0) is 37.1 Å². The van der Waals surface area contributed by atoms with Gasteiger partial charge in [0, 0.05) is 18.8 Å². The highest BCUT2D eigenvalue weighted by Crippen LogP contribution is 2.12. The quantitative estimate of drug-likeness (QED) is 0.737. The average Bonchev–Trinajstić information content (AvgIpc) is 2.41. The largest absolute Gasteiger partial charge is 0.393 e. The fraction of sp³-hybridized carbons (Fsp3) is 0.385. The van der Waals surface area contributed by atoms with Crippen molar-refractivity contribution in [2.24, 2.45) is 0 Å². The number of aliphatic hydroxyl groups is 1. The lowest BCUT2D eigenvalue weighted by molar-refractivity contribution is -0.144. The Morgan fingerprint density at radius 2 is 1.79 bits per heavy atom. The first-order valence-electron chi connectivity index (χ1n) is 6.10. The monoisotopic (exact) mass is 266 g/mol. The number of carbonyl (C=O) groups is 2. The Labute approximate surface area is 110 Å². The lowest BCUT2D eigenvalue weighted by Gasteiger charge is -2.28. The summed E-state index contributed by atoms with van der Waals surface area (Å²) in [4.78, 5) is 25.0. The third-order valence-electron chi connectivity index (χ3n) is 3.05. The van der Waals surface area contributed by atoms with Gasteiger partial charge < -0.3 is 15.3 Å². The molecule has 0 aliphatic carbocycles. The molecule has 2 rings (SSSR count). The van der Waals surface area contributed by atoms with Crippen LogP contribution in [-0.2, 0) is 9.59 Å². The maximum Gasteiger partial charge on any atom is 0.313 e. The molecule has 1 heterocycles. The number of carbonyl (C=O) groups excluding carboxylic acids is 2. The van der Waals surface area contributed by atoms with E-state index in [1.807, 2.05) is 0 Å². The number of likely N-dealkylation sites (tertiary alicyclic amines) is 1. The van der Waals surface area contributed by atoms with Gasteiger partial charge in [0.1, 0.15) is 5.82 Å². The molecule has 1 aromatic rings. The maximum atomic E-state index is 12.7. The van der Waals surface area contributed by atoms with Gasteiger partial charge in [0.2, 0.25) is 0 Å². The van der Waals surface area contributed by atoms with Crippen molar-refractivity contribution in [1.82, 2.24) is 4.90 Å². The van der Waals surface area contributed by atoms with Crippen LogP contribution >= 0.6 is 0 Å². The van der Waals surface area contributed by atoms with Crippen molar-refractivity contribution in [3.8, 4) is 0 Å². The van der Waals surface area contributed by atoms with Gasteiger partial charge in [-0.15, -0.1) is 0 Å². The number of halogens is 1. The molecule has 2 N–H and O–H groups in total. The van der Waals surface area contributed by atoms with Crippen LogP contribution < -0.4 is 5.32 Å². The molecule has 2 amide bonds.